The van der Waals surface area contributed by atoms with Crippen LogP contribution in [0.15, 0.2) is 152 Å². The molecule has 0 heterocycles. The number of rotatable bonds is 3. The van der Waals surface area contributed by atoms with Gasteiger partial charge in [0.05, 0.1) is 0 Å². The summed E-state index contributed by atoms with van der Waals surface area (Å²) < 4.78 is 0. The first-order valence-electron chi connectivity index (χ1n) is 23.7. The maximum Gasteiger partial charge on any atom is 0.0465 e. The highest BCUT2D eigenvalue weighted by Gasteiger charge is 2.45. The largest absolute Gasteiger partial charge is 0.310 e. The Bertz CT molecular complexity index is 3390. The quantitative estimate of drug-likeness (QED) is 0.171. The topological polar surface area (TPSA) is 3.24 Å². The molecule has 316 valence electrons. The monoisotopic (exact) mass is 837 g/mol. The minimum atomic E-state index is -0.191. The van der Waals surface area contributed by atoms with E-state index in [0.29, 0.717) is 0 Å². The number of anilines is 3. The Hall–Kier alpha value is -6.70. The van der Waals surface area contributed by atoms with E-state index in [1.165, 1.54) is 133 Å². The molecule has 0 spiro atoms. The normalized spacial score (nSPS) is 16.6. The third-order valence-corrected chi connectivity index (χ3v) is 16.9. The molecule has 0 unspecified atom stereocenters. The van der Waals surface area contributed by atoms with Gasteiger partial charge in [-0.2, -0.15) is 0 Å². The fourth-order valence-corrected chi connectivity index (χ4v) is 13.3. The van der Waals surface area contributed by atoms with Crippen molar-refractivity contribution >= 4 is 38.6 Å². The lowest BCUT2D eigenvalue weighted by Gasteiger charge is -2.29. The molecule has 4 aliphatic rings. The first-order chi connectivity index (χ1) is 31.1. The van der Waals surface area contributed by atoms with Gasteiger partial charge < -0.3 is 4.90 Å². The predicted octanol–water partition coefficient (Wildman–Crippen LogP) is 17.3. The number of hydrogen-bond acceptors (Lipinski definition) is 1. The fourth-order valence-electron chi connectivity index (χ4n) is 13.3. The molecule has 4 aliphatic carbocycles. The van der Waals surface area contributed by atoms with Crippen molar-refractivity contribution in [1.29, 1.82) is 0 Å². The molecule has 0 aromatic heterocycles. The number of para-hydroxylation sites is 1. The van der Waals surface area contributed by atoms with Crippen molar-refractivity contribution in [1.82, 2.24) is 0 Å². The Balaban J connectivity index is 0.937. The van der Waals surface area contributed by atoms with Crippen LogP contribution in [0, 0.1) is 13.8 Å². The number of nitrogens with zero attached hydrogens (tertiary/aromatic N) is 1. The molecule has 0 atom stereocenters. The van der Waals surface area contributed by atoms with Crippen LogP contribution < -0.4 is 4.90 Å². The first-order valence-corrected chi connectivity index (χ1v) is 23.7. The molecule has 9 aromatic rings. The van der Waals surface area contributed by atoms with Crippen LogP contribution in [0.1, 0.15) is 111 Å². The molecule has 1 nitrogen and oxygen atoms in total. The summed E-state index contributed by atoms with van der Waals surface area (Å²) in [5, 5.41) is 5.44. The molecule has 0 fully saturated rings. The number of benzene rings is 9. The van der Waals surface area contributed by atoms with Crippen molar-refractivity contribution in [3.8, 4) is 44.5 Å². The van der Waals surface area contributed by atoms with Gasteiger partial charge >= 0.3 is 0 Å². The number of aryl methyl sites for hydroxylation is 2. The van der Waals surface area contributed by atoms with Gasteiger partial charge in [-0.15, -0.1) is 0 Å². The minimum absolute atomic E-state index is 0.0965. The Morgan fingerprint density at radius 3 is 1.05 bits per heavy atom. The molecule has 9 aromatic carbocycles. The molecule has 65 heavy (non-hydrogen) atoms. The third-order valence-electron chi connectivity index (χ3n) is 16.9. The van der Waals surface area contributed by atoms with Crippen molar-refractivity contribution in [2.75, 3.05) is 4.90 Å². The minimum Gasteiger partial charge on any atom is -0.310 e. The van der Waals surface area contributed by atoms with Crippen molar-refractivity contribution in [3.05, 3.63) is 207 Å². The van der Waals surface area contributed by atoms with Gasteiger partial charge in [-0.25, -0.2) is 0 Å². The van der Waals surface area contributed by atoms with E-state index in [1.54, 1.807) is 0 Å². The van der Waals surface area contributed by atoms with E-state index in [-0.39, 0.29) is 21.7 Å². The van der Waals surface area contributed by atoms with Crippen molar-refractivity contribution in [2.45, 2.75) is 90.9 Å². The molecule has 0 N–H and O–H groups in total. The second-order valence-electron chi connectivity index (χ2n) is 21.8. The van der Waals surface area contributed by atoms with Crippen molar-refractivity contribution < 1.29 is 0 Å². The van der Waals surface area contributed by atoms with Crippen LogP contribution >= 0.6 is 0 Å². The maximum absolute atomic E-state index is 2.56. The highest BCUT2D eigenvalue weighted by molar-refractivity contribution is 6.06. The summed E-state index contributed by atoms with van der Waals surface area (Å²) in [6.07, 6.45) is 0. The molecule has 0 amide bonds. The van der Waals surface area contributed by atoms with E-state index in [2.05, 4.69) is 226 Å². The molecule has 0 saturated carbocycles. The van der Waals surface area contributed by atoms with Gasteiger partial charge in [-0.05, 0) is 196 Å². The molecule has 1 heteroatoms. The molecule has 0 bridgehead atoms. The summed E-state index contributed by atoms with van der Waals surface area (Å²) in [7, 11) is 0. The van der Waals surface area contributed by atoms with Crippen LogP contribution in [0.4, 0.5) is 17.1 Å². The summed E-state index contributed by atoms with van der Waals surface area (Å²) in [6, 6.07) is 58.7. The molecular formula is C64H55N. The molecule has 0 aliphatic heterocycles. The average Bonchev–Trinajstić information content (AvgIpc) is 3.85. The number of hydrogen-bond donors (Lipinski definition) is 0. The van der Waals surface area contributed by atoms with Gasteiger partial charge in [0.25, 0.3) is 0 Å². The van der Waals surface area contributed by atoms with Crippen LogP contribution in [-0.2, 0) is 21.7 Å². The van der Waals surface area contributed by atoms with E-state index in [1.807, 2.05) is 0 Å². The van der Waals surface area contributed by atoms with Gasteiger partial charge in [0.1, 0.15) is 0 Å². The zero-order valence-corrected chi connectivity index (χ0v) is 39.4. The SMILES string of the molecule is Cc1cc2c(c3ccccc13)-c1cc3c(cc1C2(C)C)-c1ccc(N(c2ccccc2)c2ccc4c(c2)C(C)(C)c2cc5c(cc2-4)C(C)(C)c2cc(C)c4ccccc4c2-5)cc1C3(C)C. The summed E-state index contributed by atoms with van der Waals surface area (Å²) in [4.78, 5) is 2.49. The van der Waals surface area contributed by atoms with E-state index in [9.17, 15) is 0 Å². The first kappa shape index (κ1) is 38.7. The zero-order valence-electron chi connectivity index (χ0n) is 39.4. The summed E-state index contributed by atoms with van der Waals surface area (Å²) in [6.45, 7) is 24.0. The fraction of sp³-hybridized carbons (Fsp3) is 0.219. The summed E-state index contributed by atoms with van der Waals surface area (Å²) in [5.74, 6) is 0. The Morgan fingerprint density at radius 2 is 0.615 bits per heavy atom. The summed E-state index contributed by atoms with van der Waals surface area (Å²) in [5.41, 5.74) is 28.1. The van der Waals surface area contributed by atoms with Crippen LogP contribution in [0.2, 0.25) is 0 Å². The van der Waals surface area contributed by atoms with Crippen LogP contribution in [0.3, 0.4) is 0 Å². The maximum atomic E-state index is 2.56. The van der Waals surface area contributed by atoms with Gasteiger partial charge in [0.2, 0.25) is 0 Å². The highest BCUT2D eigenvalue weighted by atomic mass is 15.1. The van der Waals surface area contributed by atoms with E-state index < -0.39 is 0 Å². The summed E-state index contributed by atoms with van der Waals surface area (Å²) >= 11 is 0. The lowest BCUT2D eigenvalue weighted by molar-refractivity contribution is 0.651. The standard InChI is InChI=1S/C64H55N/c1-36-28-57-59(45-22-16-14-20-41(36)45)49-34-53-47(32-55(49)63(57,7)8)43-26-24-39(30-51(43)61(53,3)4)65(38-18-12-11-13-19-38)40-25-27-44-48-33-56-50(35-54(48)62(5,6)52(44)31-40)60-46-23-17-15-21-42(46)37(2)29-58(60)64(56,9)10/h11-35H,1-10H3. The number of fused-ring (bicyclic) bond motifs is 16. The van der Waals surface area contributed by atoms with Crippen LogP contribution in [-0.4, -0.2) is 0 Å². The van der Waals surface area contributed by atoms with Gasteiger partial charge in [0, 0.05) is 38.7 Å². The van der Waals surface area contributed by atoms with Gasteiger partial charge in [-0.1, -0.05) is 146 Å². The van der Waals surface area contributed by atoms with E-state index in [0.717, 1.165) is 5.69 Å². The Labute approximate surface area is 384 Å². The van der Waals surface area contributed by atoms with E-state index in [4.69, 9.17) is 0 Å². The molecule has 0 saturated heterocycles. The highest BCUT2D eigenvalue weighted by Crippen LogP contribution is 2.60. The predicted molar refractivity (Wildman–Crippen MR) is 276 cm³/mol. The van der Waals surface area contributed by atoms with Crippen molar-refractivity contribution in [3.63, 3.8) is 0 Å². The lowest BCUT2D eigenvalue weighted by atomic mass is 9.79. The zero-order chi connectivity index (χ0) is 44.7. The Morgan fingerprint density at radius 1 is 0.277 bits per heavy atom. The second kappa shape index (κ2) is 12.5. The van der Waals surface area contributed by atoms with Gasteiger partial charge in [0.15, 0.2) is 0 Å². The van der Waals surface area contributed by atoms with Crippen LogP contribution in [0.5, 0.6) is 0 Å². The molecular weight excluding hydrogens is 783 g/mol. The Kier molecular flexibility index (Phi) is 7.48. The third kappa shape index (κ3) is 4.89. The van der Waals surface area contributed by atoms with Crippen molar-refractivity contribution in [2.24, 2.45) is 0 Å². The molecule has 13 rings (SSSR count). The van der Waals surface area contributed by atoms with Gasteiger partial charge in [-0.3, -0.25) is 0 Å². The lowest BCUT2D eigenvalue weighted by Crippen LogP contribution is -2.18. The van der Waals surface area contributed by atoms with Crippen LogP contribution in [0.25, 0.3) is 66.1 Å². The average molecular weight is 838 g/mol. The smallest absolute Gasteiger partial charge is 0.0465 e. The second-order valence-corrected chi connectivity index (χ2v) is 21.8. The molecule has 0 radical (unpaired) electrons. The van der Waals surface area contributed by atoms with E-state index >= 15 is 0 Å².